The minimum Gasteiger partial charge on any atom is -0.486 e. The van der Waals surface area contributed by atoms with Crippen LogP contribution in [0.3, 0.4) is 0 Å². The Balaban J connectivity index is 1.72. The molecule has 0 unspecified atom stereocenters. The molecule has 108 valence electrons. The van der Waals surface area contributed by atoms with Crippen molar-refractivity contribution in [3.05, 3.63) is 65.6 Å². The lowest BCUT2D eigenvalue weighted by atomic mass is 10.1. The molecular formula is C18H19NO2. The first-order valence-electron chi connectivity index (χ1n) is 7.10. The fourth-order valence-corrected chi connectivity index (χ4v) is 2.41. The molecule has 0 spiro atoms. The maximum Gasteiger partial charge on any atom is 0.146 e. The molecule has 3 heteroatoms. The Morgan fingerprint density at radius 1 is 1.05 bits per heavy atom. The maximum atomic E-state index is 5.83. The van der Waals surface area contributed by atoms with Crippen molar-refractivity contribution in [3.63, 3.8) is 0 Å². The van der Waals surface area contributed by atoms with Crippen molar-refractivity contribution < 1.29 is 9.15 Å². The van der Waals surface area contributed by atoms with E-state index in [4.69, 9.17) is 9.15 Å². The molecule has 0 aliphatic carbocycles. The predicted molar refractivity (Wildman–Crippen MR) is 84.5 cm³/mol. The highest BCUT2D eigenvalue weighted by atomic mass is 16.5. The van der Waals surface area contributed by atoms with Gasteiger partial charge in [-0.05, 0) is 48.5 Å². The molecule has 1 N–H and O–H groups in total. The third-order valence-corrected chi connectivity index (χ3v) is 3.51. The van der Waals surface area contributed by atoms with Gasteiger partial charge >= 0.3 is 0 Å². The van der Waals surface area contributed by atoms with Gasteiger partial charge in [-0.25, -0.2) is 0 Å². The summed E-state index contributed by atoms with van der Waals surface area (Å²) in [6.45, 7) is 3.24. The van der Waals surface area contributed by atoms with Gasteiger partial charge in [0.15, 0.2) is 0 Å². The van der Waals surface area contributed by atoms with Crippen LogP contribution in [0.2, 0.25) is 0 Å². The largest absolute Gasteiger partial charge is 0.486 e. The Hall–Kier alpha value is -2.26. The van der Waals surface area contributed by atoms with Crippen molar-refractivity contribution in [1.29, 1.82) is 0 Å². The molecule has 0 radical (unpaired) electrons. The van der Waals surface area contributed by atoms with Crippen molar-refractivity contribution in [2.24, 2.45) is 0 Å². The number of benzene rings is 2. The van der Waals surface area contributed by atoms with Crippen LogP contribution in [0, 0.1) is 6.92 Å². The second-order valence-electron chi connectivity index (χ2n) is 5.15. The van der Waals surface area contributed by atoms with E-state index in [1.807, 2.05) is 31.3 Å². The minimum atomic E-state index is 0.447. The van der Waals surface area contributed by atoms with Crippen molar-refractivity contribution in [2.75, 3.05) is 7.05 Å². The van der Waals surface area contributed by atoms with E-state index in [-0.39, 0.29) is 0 Å². The second kappa shape index (κ2) is 6.02. The van der Waals surface area contributed by atoms with Gasteiger partial charge in [0.1, 0.15) is 23.9 Å². The fraction of sp³-hybridized carbons (Fsp3) is 0.222. The normalized spacial score (nSPS) is 11.0. The molecule has 0 atom stereocenters. The average Bonchev–Trinajstić information content (AvgIpc) is 2.86. The number of aryl methyl sites for hydroxylation is 1. The molecule has 0 aliphatic rings. The van der Waals surface area contributed by atoms with E-state index in [0.29, 0.717) is 6.61 Å². The molecule has 21 heavy (non-hydrogen) atoms. The summed E-state index contributed by atoms with van der Waals surface area (Å²) in [4.78, 5) is 0. The number of ether oxygens (including phenoxy) is 1. The molecule has 3 nitrogen and oxygen atoms in total. The van der Waals surface area contributed by atoms with Crippen LogP contribution < -0.4 is 10.1 Å². The van der Waals surface area contributed by atoms with Crippen LogP contribution in [-0.4, -0.2) is 7.05 Å². The summed E-state index contributed by atoms with van der Waals surface area (Å²) in [7, 11) is 1.91. The summed E-state index contributed by atoms with van der Waals surface area (Å²) in [5.41, 5.74) is 1.15. The quantitative estimate of drug-likeness (QED) is 0.766. The van der Waals surface area contributed by atoms with Gasteiger partial charge in [0.2, 0.25) is 0 Å². The lowest BCUT2D eigenvalue weighted by molar-refractivity contribution is 0.265. The summed E-state index contributed by atoms with van der Waals surface area (Å²) in [5, 5.41) is 5.50. The Kier molecular flexibility index (Phi) is 3.93. The topological polar surface area (TPSA) is 34.4 Å². The summed E-state index contributed by atoms with van der Waals surface area (Å²) in [5.74, 6) is 2.68. The van der Waals surface area contributed by atoms with E-state index in [1.54, 1.807) is 0 Å². The van der Waals surface area contributed by atoms with E-state index >= 15 is 0 Å². The number of rotatable bonds is 5. The molecule has 0 saturated carbocycles. The molecule has 2 aromatic carbocycles. The molecule has 0 amide bonds. The summed E-state index contributed by atoms with van der Waals surface area (Å²) in [6, 6.07) is 16.4. The first-order chi connectivity index (χ1) is 10.3. The zero-order valence-corrected chi connectivity index (χ0v) is 12.3. The SMILES string of the molecule is CNCc1oc(COc2ccc3ccccc3c2)cc1C. The molecular weight excluding hydrogens is 262 g/mol. The Bertz CT molecular complexity index is 746. The van der Waals surface area contributed by atoms with Gasteiger partial charge in [-0.3, -0.25) is 0 Å². The van der Waals surface area contributed by atoms with E-state index < -0.39 is 0 Å². The number of fused-ring (bicyclic) bond motifs is 1. The number of hydrogen-bond acceptors (Lipinski definition) is 3. The van der Waals surface area contributed by atoms with Crippen LogP contribution in [0.5, 0.6) is 5.75 Å². The van der Waals surface area contributed by atoms with E-state index in [0.717, 1.165) is 29.4 Å². The Morgan fingerprint density at radius 3 is 2.67 bits per heavy atom. The summed E-state index contributed by atoms with van der Waals surface area (Å²) in [6.07, 6.45) is 0. The molecule has 0 bridgehead atoms. The molecule has 0 saturated heterocycles. The van der Waals surface area contributed by atoms with Crippen molar-refractivity contribution in [3.8, 4) is 5.75 Å². The summed E-state index contributed by atoms with van der Waals surface area (Å²) < 4.78 is 11.6. The van der Waals surface area contributed by atoms with Crippen molar-refractivity contribution in [2.45, 2.75) is 20.1 Å². The van der Waals surface area contributed by atoms with Gasteiger partial charge in [-0.15, -0.1) is 0 Å². The standard InChI is InChI=1S/C18H19NO2/c1-13-9-17(21-18(13)11-19-2)12-20-16-8-7-14-5-3-4-6-15(14)10-16/h3-10,19H,11-12H2,1-2H3. The molecule has 0 fully saturated rings. The minimum absolute atomic E-state index is 0.447. The first-order valence-corrected chi connectivity index (χ1v) is 7.10. The maximum absolute atomic E-state index is 5.83. The lowest BCUT2D eigenvalue weighted by Crippen LogP contribution is -2.04. The van der Waals surface area contributed by atoms with Gasteiger partial charge in [0, 0.05) is 0 Å². The van der Waals surface area contributed by atoms with Crippen LogP contribution in [0.1, 0.15) is 17.1 Å². The third-order valence-electron chi connectivity index (χ3n) is 3.51. The molecule has 1 heterocycles. The Morgan fingerprint density at radius 2 is 1.86 bits per heavy atom. The number of furan rings is 1. The smallest absolute Gasteiger partial charge is 0.146 e. The van der Waals surface area contributed by atoms with Crippen LogP contribution in [-0.2, 0) is 13.2 Å². The van der Waals surface area contributed by atoms with Crippen LogP contribution in [0.15, 0.2) is 52.9 Å². The molecule has 1 aromatic heterocycles. The second-order valence-corrected chi connectivity index (χ2v) is 5.15. The van der Waals surface area contributed by atoms with Crippen LogP contribution >= 0.6 is 0 Å². The van der Waals surface area contributed by atoms with Crippen molar-refractivity contribution in [1.82, 2.24) is 5.32 Å². The lowest BCUT2D eigenvalue weighted by Gasteiger charge is -2.05. The molecule has 3 aromatic rings. The number of hydrogen-bond donors (Lipinski definition) is 1. The summed E-state index contributed by atoms with van der Waals surface area (Å²) >= 11 is 0. The van der Waals surface area contributed by atoms with Crippen molar-refractivity contribution >= 4 is 10.8 Å². The highest BCUT2D eigenvalue weighted by Gasteiger charge is 2.07. The van der Waals surface area contributed by atoms with Crippen LogP contribution in [0.4, 0.5) is 0 Å². The predicted octanol–water partition coefficient (Wildman–Crippen LogP) is 4.04. The highest BCUT2D eigenvalue weighted by Crippen LogP contribution is 2.22. The number of nitrogens with one attached hydrogen (secondary N) is 1. The molecule has 3 rings (SSSR count). The van der Waals surface area contributed by atoms with Crippen LogP contribution in [0.25, 0.3) is 10.8 Å². The van der Waals surface area contributed by atoms with Gasteiger partial charge < -0.3 is 14.5 Å². The fourth-order valence-electron chi connectivity index (χ4n) is 2.41. The van der Waals surface area contributed by atoms with E-state index in [1.165, 1.54) is 10.8 Å². The van der Waals surface area contributed by atoms with Gasteiger partial charge in [-0.2, -0.15) is 0 Å². The van der Waals surface area contributed by atoms with Gasteiger partial charge in [0.05, 0.1) is 6.54 Å². The first kappa shape index (κ1) is 13.7. The third kappa shape index (κ3) is 3.09. The van der Waals surface area contributed by atoms with Gasteiger partial charge in [-0.1, -0.05) is 30.3 Å². The Labute approximate surface area is 124 Å². The van der Waals surface area contributed by atoms with E-state index in [9.17, 15) is 0 Å². The van der Waals surface area contributed by atoms with Gasteiger partial charge in [0.25, 0.3) is 0 Å². The molecule has 0 aliphatic heterocycles. The monoisotopic (exact) mass is 281 g/mol. The zero-order valence-electron chi connectivity index (χ0n) is 12.3. The zero-order chi connectivity index (χ0) is 14.7. The highest BCUT2D eigenvalue weighted by molar-refractivity contribution is 5.83. The average molecular weight is 281 g/mol. The van der Waals surface area contributed by atoms with E-state index in [2.05, 4.69) is 36.5 Å².